The Hall–Kier alpha value is -1.62. The standard InChI is InChI=1S/C13H15NO/c1-13(2,8-3-9-14)12-6-4-11(10-15)5-7-12/h4-7,10H,3,8H2,1-2H3. The van der Waals surface area contributed by atoms with Gasteiger partial charge in [0.2, 0.25) is 0 Å². The molecule has 0 N–H and O–H groups in total. The minimum absolute atomic E-state index is 0.00283. The van der Waals surface area contributed by atoms with Crippen LogP contribution in [0.5, 0.6) is 0 Å². The Morgan fingerprint density at radius 1 is 1.33 bits per heavy atom. The average molecular weight is 201 g/mol. The molecule has 0 unspecified atom stereocenters. The molecule has 1 aromatic carbocycles. The van der Waals surface area contributed by atoms with Crippen LogP contribution < -0.4 is 0 Å². The first-order valence-electron chi connectivity index (χ1n) is 5.03. The van der Waals surface area contributed by atoms with Gasteiger partial charge in [0.25, 0.3) is 0 Å². The van der Waals surface area contributed by atoms with Crippen LogP contribution in [0, 0.1) is 11.3 Å². The van der Waals surface area contributed by atoms with Gasteiger partial charge >= 0.3 is 0 Å². The fraction of sp³-hybridized carbons (Fsp3) is 0.385. The number of benzene rings is 1. The van der Waals surface area contributed by atoms with E-state index in [1.165, 1.54) is 5.56 Å². The maximum atomic E-state index is 10.5. The minimum Gasteiger partial charge on any atom is -0.298 e. The first kappa shape index (κ1) is 11.5. The highest BCUT2D eigenvalue weighted by atomic mass is 16.1. The summed E-state index contributed by atoms with van der Waals surface area (Å²) in [5, 5.41) is 8.56. The van der Waals surface area contributed by atoms with E-state index in [-0.39, 0.29) is 5.41 Å². The molecule has 0 aliphatic rings. The second kappa shape index (κ2) is 4.75. The molecule has 0 heterocycles. The number of nitriles is 1. The van der Waals surface area contributed by atoms with Crippen molar-refractivity contribution in [2.75, 3.05) is 0 Å². The van der Waals surface area contributed by atoms with Crippen LogP contribution in [0.15, 0.2) is 24.3 Å². The first-order chi connectivity index (χ1) is 7.10. The summed E-state index contributed by atoms with van der Waals surface area (Å²) >= 11 is 0. The van der Waals surface area contributed by atoms with Crippen LogP contribution in [0.2, 0.25) is 0 Å². The van der Waals surface area contributed by atoms with Crippen molar-refractivity contribution in [1.29, 1.82) is 5.26 Å². The van der Waals surface area contributed by atoms with E-state index in [0.717, 1.165) is 12.7 Å². The summed E-state index contributed by atoms with van der Waals surface area (Å²) in [6.45, 7) is 4.22. The van der Waals surface area contributed by atoms with Gasteiger partial charge in [-0.15, -0.1) is 0 Å². The highest BCUT2D eigenvalue weighted by Gasteiger charge is 2.19. The van der Waals surface area contributed by atoms with Crippen molar-refractivity contribution in [3.8, 4) is 6.07 Å². The Morgan fingerprint density at radius 2 is 1.93 bits per heavy atom. The second-order valence-electron chi connectivity index (χ2n) is 4.28. The van der Waals surface area contributed by atoms with E-state index in [9.17, 15) is 4.79 Å². The third-order valence-electron chi connectivity index (χ3n) is 2.69. The van der Waals surface area contributed by atoms with E-state index in [0.29, 0.717) is 12.0 Å². The number of hydrogen-bond donors (Lipinski definition) is 0. The summed E-state index contributed by atoms with van der Waals surface area (Å²) in [4.78, 5) is 10.5. The predicted octanol–water partition coefficient (Wildman–Crippen LogP) is 3.08. The average Bonchev–Trinajstić information content (AvgIpc) is 2.26. The smallest absolute Gasteiger partial charge is 0.150 e. The zero-order valence-electron chi connectivity index (χ0n) is 9.16. The zero-order valence-corrected chi connectivity index (χ0v) is 9.16. The highest BCUT2D eigenvalue weighted by Crippen LogP contribution is 2.28. The van der Waals surface area contributed by atoms with Crippen LogP contribution >= 0.6 is 0 Å². The topological polar surface area (TPSA) is 40.9 Å². The Bertz CT molecular complexity index is 371. The van der Waals surface area contributed by atoms with Crippen molar-refractivity contribution in [2.24, 2.45) is 0 Å². The fourth-order valence-electron chi connectivity index (χ4n) is 1.53. The molecule has 0 aliphatic heterocycles. The van der Waals surface area contributed by atoms with Crippen LogP contribution in [-0.4, -0.2) is 6.29 Å². The van der Waals surface area contributed by atoms with Crippen molar-refractivity contribution in [2.45, 2.75) is 32.1 Å². The molecular formula is C13H15NO. The van der Waals surface area contributed by atoms with E-state index in [1.807, 2.05) is 24.3 Å². The lowest BCUT2D eigenvalue weighted by Gasteiger charge is -2.24. The molecule has 0 saturated carbocycles. The van der Waals surface area contributed by atoms with Gasteiger partial charge in [0.1, 0.15) is 6.29 Å². The Kier molecular flexibility index (Phi) is 3.62. The van der Waals surface area contributed by atoms with Gasteiger partial charge in [-0.2, -0.15) is 5.26 Å². The molecule has 0 bridgehead atoms. The third-order valence-corrected chi connectivity index (χ3v) is 2.69. The molecule has 0 radical (unpaired) electrons. The predicted molar refractivity (Wildman–Crippen MR) is 59.7 cm³/mol. The summed E-state index contributed by atoms with van der Waals surface area (Å²) in [6, 6.07) is 9.71. The van der Waals surface area contributed by atoms with Gasteiger partial charge in [0.15, 0.2) is 0 Å². The van der Waals surface area contributed by atoms with Gasteiger partial charge in [0, 0.05) is 12.0 Å². The lowest BCUT2D eigenvalue weighted by atomic mass is 9.80. The first-order valence-corrected chi connectivity index (χ1v) is 5.03. The molecule has 0 amide bonds. The van der Waals surface area contributed by atoms with Gasteiger partial charge in [-0.3, -0.25) is 4.79 Å². The molecule has 0 saturated heterocycles. The molecule has 0 aromatic heterocycles. The molecule has 1 rings (SSSR count). The summed E-state index contributed by atoms with van der Waals surface area (Å²) in [5.41, 5.74) is 1.86. The summed E-state index contributed by atoms with van der Waals surface area (Å²) in [6.07, 6.45) is 2.23. The number of nitrogens with zero attached hydrogens (tertiary/aromatic N) is 1. The molecule has 78 valence electrons. The fourth-order valence-corrected chi connectivity index (χ4v) is 1.53. The molecular weight excluding hydrogens is 186 g/mol. The number of carbonyl (C=O) groups excluding carboxylic acids is 1. The van der Waals surface area contributed by atoms with Gasteiger partial charge in [-0.1, -0.05) is 38.1 Å². The lowest BCUT2D eigenvalue weighted by molar-refractivity contribution is 0.112. The van der Waals surface area contributed by atoms with Crippen LogP contribution in [0.3, 0.4) is 0 Å². The Balaban J connectivity index is 2.85. The number of aldehydes is 1. The molecule has 15 heavy (non-hydrogen) atoms. The Labute approximate surface area is 90.5 Å². The monoisotopic (exact) mass is 201 g/mol. The number of rotatable bonds is 4. The SMILES string of the molecule is CC(C)(CCC#N)c1ccc(C=O)cc1. The minimum atomic E-state index is -0.00283. The molecule has 0 spiro atoms. The van der Waals surface area contributed by atoms with E-state index < -0.39 is 0 Å². The largest absolute Gasteiger partial charge is 0.298 e. The van der Waals surface area contributed by atoms with E-state index in [4.69, 9.17) is 5.26 Å². The zero-order chi connectivity index (χ0) is 11.3. The number of carbonyl (C=O) groups is 1. The van der Waals surface area contributed by atoms with Crippen molar-refractivity contribution in [1.82, 2.24) is 0 Å². The third kappa shape index (κ3) is 2.92. The molecule has 0 fully saturated rings. The van der Waals surface area contributed by atoms with Crippen LogP contribution in [0.25, 0.3) is 0 Å². The number of hydrogen-bond acceptors (Lipinski definition) is 2. The van der Waals surface area contributed by atoms with Gasteiger partial charge in [-0.25, -0.2) is 0 Å². The van der Waals surface area contributed by atoms with E-state index >= 15 is 0 Å². The van der Waals surface area contributed by atoms with Crippen LogP contribution in [0.1, 0.15) is 42.6 Å². The molecule has 0 atom stereocenters. The quantitative estimate of drug-likeness (QED) is 0.702. The van der Waals surface area contributed by atoms with Gasteiger partial charge in [-0.05, 0) is 17.4 Å². The van der Waals surface area contributed by atoms with Crippen molar-refractivity contribution >= 4 is 6.29 Å². The summed E-state index contributed by atoms with van der Waals surface area (Å²) in [7, 11) is 0. The van der Waals surface area contributed by atoms with Crippen molar-refractivity contribution in [3.05, 3.63) is 35.4 Å². The van der Waals surface area contributed by atoms with Crippen molar-refractivity contribution in [3.63, 3.8) is 0 Å². The molecule has 1 aromatic rings. The van der Waals surface area contributed by atoms with Crippen LogP contribution in [0.4, 0.5) is 0 Å². The van der Waals surface area contributed by atoms with E-state index in [1.54, 1.807) is 0 Å². The molecule has 0 aliphatic carbocycles. The summed E-state index contributed by atoms with van der Waals surface area (Å²) < 4.78 is 0. The van der Waals surface area contributed by atoms with Gasteiger partial charge in [0.05, 0.1) is 6.07 Å². The maximum absolute atomic E-state index is 10.5. The molecule has 2 heteroatoms. The maximum Gasteiger partial charge on any atom is 0.150 e. The van der Waals surface area contributed by atoms with E-state index in [2.05, 4.69) is 19.9 Å². The van der Waals surface area contributed by atoms with Crippen molar-refractivity contribution < 1.29 is 4.79 Å². The molecule has 2 nitrogen and oxygen atoms in total. The lowest BCUT2D eigenvalue weighted by Crippen LogP contribution is -2.16. The second-order valence-corrected chi connectivity index (χ2v) is 4.28. The Morgan fingerprint density at radius 3 is 2.40 bits per heavy atom. The van der Waals surface area contributed by atoms with Gasteiger partial charge < -0.3 is 0 Å². The highest BCUT2D eigenvalue weighted by molar-refractivity contribution is 5.74. The van der Waals surface area contributed by atoms with Crippen LogP contribution in [-0.2, 0) is 5.41 Å². The summed E-state index contributed by atoms with van der Waals surface area (Å²) in [5.74, 6) is 0. The normalized spacial score (nSPS) is 10.7.